The molecule has 1 atom stereocenters. The summed E-state index contributed by atoms with van der Waals surface area (Å²) in [6.07, 6.45) is 4.74. The van der Waals surface area contributed by atoms with Gasteiger partial charge in [0.2, 0.25) is 5.91 Å². The Kier molecular flexibility index (Phi) is 5.34. The van der Waals surface area contributed by atoms with Crippen LogP contribution in [0.1, 0.15) is 37.0 Å². The number of aromatic nitrogens is 4. The Bertz CT molecular complexity index is 1280. The number of likely N-dealkylation sites (tertiary alicyclic amines) is 1. The van der Waals surface area contributed by atoms with Crippen LogP contribution in [0.25, 0.3) is 21.3 Å². The van der Waals surface area contributed by atoms with Gasteiger partial charge in [0.15, 0.2) is 10.8 Å². The lowest BCUT2D eigenvalue weighted by Crippen LogP contribution is -2.43. The third-order valence-electron chi connectivity index (χ3n) is 5.60. The lowest BCUT2D eigenvalue weighted by atomic mass is 10.1. The third-order valence-corrected chi connectivity index (χ3v) is 6.55. The lowest BCUT2D eigenvalue weighted by molar-refractivity contribution is -0.119. The summed E-state index contributed by atoms with van der Waals surface area (Å²) in [4.78, 5) is 36.8. The number of pyridine rings is 1. The summed E-state index contributed by atoms with van der Waals surface area (Å²) in [6, 6.07) is 9.05. The molecule has 9 heteroatoms. The van der Waals surface area contributed by atoms with Gasteiger partial charge in [0.1, 0.15) is 6.04 Å². The molecule has 2 amide bonds. The van der Waals surface area contributed by atoms with Crippen molar-refractivity contribution in [1.29, 1.82) is 0 Å². The lowest BCUT2D eigenvalue weighted by Gasteiger charge is -2.23. The Morgan fingerprint density at radius 1 is 1.25 bits per heavy atom. The van der Waals surface area contributed by atoms with Crippen molar-refractivity contribution in [2.24, 2.45) is 5.92 Å². The summed E-state index contributed by atoms with van der Waals surface area (Å²) in [5, 5.41) is 8.68. The van der Waals surface area contributed by atoms with E-state index in [2.05, 4.69) is 34.2 Å². The maximum atomic E-state index is 13.2. The first-order valence-corrected chi connectivity index (χ1v) is 11.6. The number of hydrogen-bond donors (Lipinski definition) is 1. The number of thiazole rings is 1. The Hall–Kier alpha value is -3.33. The molecule has 1 N–H and O–H groups in total. The van der Waals surface area contributed by atoms with E-state index in [1.807, 2.05) is 35.0 Å². The van der Waals surface area contributed by atoms with Crippen molar-refractivity contribution in [3.8, 4) is 0 Å². The Balaban J connectivity index is 1.34. The van der Waals surface area contributed by atoms with Crippen LogP contribution in [0, 0.1) is 5.92 Å². The minimum absolute atomic E-state index is 0.182. The summed E-state index contributed by atoms with van der Waals surface area (Å²) in [5.41, 5.74) is 2.09. The first-order valence-electron chi connectivity index (χ1n) is 10.8. The van der Waals surface area contributed by atoms with E-state index < -0.39 is 6.04 Å². The summed E-state index contributed by atoms with van der Waals surface area (Å²) in [5.74, 6) is 0.0622. The number of carbonyl (C=O) groups excluding carboxylic acids is 2. The van der Waals surface area contributed by atoms with Crippen LogP contribution < -0.4 is 5.32 Å². The van der Waals surface area contributed by atoms with Crippen LogP contribution in [0.5, 0.6) is 0 Å². The van der Waals surface area contributed by atoms with Crippen LogP contribution in [-0.2, 0) is 11.3 Å². The molecule has 164 valence electrons. The van der Waals surface area contributed by atoms with E-state index in [1.54, 1.807) is 17.3 Å². The molecule has 0 bridgehead atoms. The molecule has 32 heavy (non-hydrogen) atoms. The van der Waals surface area contributed by atoms with Gasteiger partial charge in [-0.25, -0.2) is 14.6 Å². The predicted octanol–water partition coefficient (Wildman–Crippen LogP) is 3.94. The van der Waals surface area contributed by atoms with E-state index in [4.69, 9.17) is 0 Å². The minimum atomic E-state index is -0.520. The molecule has 1 aliphatic heterocycles. The van der Waals surface area contributed by atoms with Crippen LogP contribution in [0.2, 0.25) is 0 Å². The van der Waals surface area contributed by atoms with Crippen molar-refractivity contribution in [2.45, 2.75) is 39.3 Å². The largest absolute Gasteiger partial charge is 0.327 e. The Morgan fingerprint density at radius 2 is 2.09 bits per heavy atom. The van der Waals surface area contributed by atoms with E-state index in [-0.39, 0.29) is 11.8 Å². The molecule has 0 saturated carbocycles. The number of carbonyl (C=O) groups is 2. The average molecular weight is 449 g/mol. The maximum absolute atomic E-state index is 13.2. The predicted molar refractivity (Wildman–Crippen MR) is 125 cm³/mol. The molecule has 3 aromatic heterocycles. The number of benzene rings is 1. The van der Waals surface area contributed by atoms with Gasteiger partial charge in [-0.05, 0) is 37.0 Å². The van der Waals surface area contributed by atoms with Gasteiger partial charge in [-0.1, -0.05) is 37.3 Å². The molecule has 1 aromatic carbocycles. The maximum Gasteiger partial charge on any atom is 0.256 e. The van der Waals surface area contributed by atoms with Gasteiger partial charge in [-0.15, -0.1) is 0 Å². The molecule has 1 saturated heterocycles. The van der Waals surface area contributed by atoms with Crippen molar-refractivity contribution >= 4 is 49.5 Å². The highest BCUT2D eigenvalue weighted by Gasteiger charge is 2.35. The number of para-hydroxylation sites is 1. The van der Waals surface area contributed by atoms with Crippen molar-refractivity contribution in [2.75, 3.05) is 11.9 Å². The molecule has 1 fully saturated rings. The molecule has 0 spiro atoms. The average Bonchev–Trinajstić information content (AvgIpc) is 3.50. The van der Waals surface area contributed by atoms with Crippen LogP contribution in [0.3, 0.4) is 0 Å². The molecular formula is C23H24N6O2S. The number of amides is 2. The van der Waals surface area contributed by atoms with Gasteiger partial charge in [-0.2, -0.15) is 5.10 Å². The fourth-order valence-electron chi connectivity index (χ4n) is 4.13. The summed E-state index contributed by atoms with van der Waals surface area (Å²) < 4.78 is 2.87. The quantitative estimate of drug-likeness (QED) is 0.499. The standard InChI is InChI=1S/C23H24N6O2S/c1-14(2)13-29-20-15(12-25-29)10-16(11-24-20)22(31)28-9-5-7-18(28)21(30)27-23-26-17-6-3-4-8-19(17)32-23/h3-4,6,8,10-12,14,18H,5,7,9,13H2,1-2H3,(H,26,27,30). The summed E-state index contributed by atoms with van der Waals surface area (Å²) in [6.45, 7) is 5.56. The molecule has 5 rings (SSSR count). The zero-order valence-electron chi connectivity index (χ0n) is 18.0. The Labute approximate surface area is 189 Å². The van der Waals surface area contributed by atoms with E-state index in [1.165, 1.54) is 11.3 Å². The van der Waals surface area contributed by atoms with Gasteiger partial charge in [-0.3, -0.25) is 9.59 Å². The van der Waals surface area contributed by atoms with Gasteiger partial charge in [0.25, 0.3) is 5.91 Å². The molecule has 4 heterocycles. The SMILES string of the molecule is CC(C)Cn1ncc2cc(C(=O)N3CCCC3C(=O)Nc3nc4ccccc4s3)cnc21. The van der Waals surface area contributed by atoms with Crippen molar-refractivity contribution < 1.29 is 9.59 Å². The Morgan fingerprint density at radius 3 is 2.91 bits per heavy atom. The van der Waals surface area contributed by atoms with Crippen LogP contribution in [-0.4, -0.2) is 49.0 Å². The zero-order chi connectivity index (χ0) is 22.2. The van der Waals surface area contributed by atoms with Crippen LogP contribution >= 0.6 is 11.3 Å². The molecule has 0 aliphatic carbocycles. The smallest absolute Gasteiger partial charge is 0.256 e. The number of rotatable bonds is 5. The van der Waals surface area contributed by atoms with Gasteiger partial charge < -0.3 is 10.2 Å². The second-order valence-corrected chi connectivity index (χ2v) is 9.52. The fourth-order valence-corrected chi connectivity index (χ4v) is 5.00. The number of fused-ring (bicyclic) bond motifs is 2. The number of anilines is 1. The van der Waals surface area contributed by atoms with E-state index in [9.17, 15) is 9.59 Å². The van der Waals surface area contributed by atoms with Crippen LogP contribution in [0.4, 0.5) is 5.13 Å². The van der Waals surface area contributed by atoms with E-state index in [0.717, 1.165) is 34.2 Å². The third kappa shape index (κ3) is 3.84. The number of hydrogen-bond acceptors (Lipinski definition) is 6. The second-order valence-electron chi connectivity index (χ2n) is 8.49. The minimum Gasteiger partial charge on any atom is -0.327 e. The molecule has 8 nitrogen and oxygen atoms in total. The highest BCUT2D eigenvalue weighted by Crippen LogP contribution is 2.27. The van der Waals surface area contributed by atoms with Gasteiger partial charge >= 0.3 is 0 Å². The second kappa shape index (κ2) is 8.31. The highest BCUT2D eigenvalue weighted by molar-refractivity contribution is 7.22. The van der Waals surface area contributed by atoms with Crippen molar-refractivity contribution in [1.82, 2.24) is 24.6 Å². The normalized spacial score (nSPS) is 16.3. The topological polar surface area (TPSA) is 93.0 Å². The molecule has 4 aromatic rings. The number of nitrogens with zero attached hydrogens (tertiary/aromatic N) is 5. The molecule has 0 radical (unpaired) electrons. The number of nitrogens with one attached hydrogen (secondary N) is 1. The van der Waals surface area contributed by atoms with Crippen LogP contribution in [0.15, 0.2) is 42.7 Å². The summed E-state index contributed by atoms with van der Waals surface area (Å²) in [7, 11) is 0. The highest BCUT2D eigenvalue weighted by atomic mass is 32.1. The van der Waals surface area contributed by atoms with Crippen molar-refractivity contribution in [3.05, 3.63) is 48.3 Å². The first-order chi connectivity index (χ1) is 15.5. The van der Waals surface area contributed by atoms with Gasteiger partial charge in [0.05, 0.1) is 22.0 Å². The first kappa shape index (κ1) is 20.6. The fraction of sp³-hybridized carbons (Fsp3) is 0.348. The molecular weight excluding hydrogens is 424 g/mol. The van der Waals surface area contributed by atoms with Crippen molar-refractivity contribution in [3.63, 3.8) is 0 Å². The molecule has 1 unspecified atom stereocenters. The molecule has 1 aliphatic rings. The van der Waals surface area contributed by atoms with E-state index >= 15 is 0 Å². The summed E-state index contributed by atoms with van der Waals surface area (Å²) >= 11 is 1.43. The monoisotopic (exact) mass is 448 g/mol. The van der Waals surface area contributed by atoms with E-state index in [0.29, 0.717) is 29.6 Å². The van der Waals surface area contributed by atoms with Gasteiger partial charge in [0, 0.05) is 24.7 Å². The zero-order valence-corrected chi connectivity index (χ0v) is 18.8.